The Morgan fingerprint density at radius 2 is 2.11 bits per heavy atom. The normalized spacial score (nSPS) is 25.7. The van der Waals surface area contributed by atoms with Crippen LogP contribution in [0.4, 0.5) is 10.1 Å². The van der Waals surface area contributed by atoms with E-state index in [0.29, 0.717) is 12.0 Å². The van der Waals surface area contributed by atoms with Crippen LogP contribution in [0.25, 0.3) is 0 Å². The molecule has 1 aliphatic heterocycles. The number of aryl methyl sites for hydroxylation is 1. The monoisotopic (exact) mass is 250 g/mol. The summed E-state index contributed by atoms with van der Waals surface area (Å²) in [7, 11) is 0. The highest BCUT2D eigenvalue weighted by Crippen LogP contribution is 2.23. The molecule has 1 aromatic carbocycles. The lowest BCUT2D eigenvalue weighted by Crippen LogP contribution is -2.42. The van der Waals surface area contributed by atoms with Crippen LogP contribution in [-0.4, -0.2) is 25.7 Å². The van der Waals surface area contributed by atoms with Crippen LogP contribution in [0.5, 0.6) is 0 Å². The Balaban J connectivity index is 2.18. The fourth-order valence-corrected chi connectivity index (χ4v) is 2.58. The third kappa shape index (κ3) is 3.22. The molecule has 0 aromatic heterocycles. The maximum Gasteiger partial charge on any atom is 0.123 e. The zero-order valence-corrected chi connectivity index (χ0v) is 11.5. The lowest BCUT2D eigenvalue weighted by molar-refractivity contribution is 0.410. The molecule has 1 fully saturated rings. The van der Waals surface area contributed by atoms with E-state index < -0.39 is 0 Å². The average Bonchev–Trinajstić information content (AvgIpc) is 2.30. The molecule has 0 bridgehead atoms. The van der Waals surface area contributed by atoms with E-state index in [0.717, 1.165) is 31.6 Å². The van der Waals surface area contributed by atoms with E-state index in [-0.39, 0.29) is 5.82 Å². The van der Waals surface area contributed by atoms with Crippen LogP contribution in [0.1, 0.15) is 25.8 Å². The first-order chi connectivity index (χ1) is 8.56. The summed E-state index contributed by atoms with van der Waals surface area (Å²) in [5.41, 5.74) is 2.21. The maximum atomic E-state index is 13.2. The van der Waals surface area contributed by atoms with Gasteiger partial charge in [0.1, 0.15) is 5.82 Å². The molecule has 2 atom stereocenters. The summed E-state index contributed by atoms with van der Waals surface area (Å²) in [4.78, 5) is 2.40. The second-order valence-electron chi connectivity index (χ2n) is 5.58. The van der Waals surface area contributed by atoms with E-state index in [9.17, 15) is 4.39 Å². The molecule has 0 amide bonds. The van der Waals surface area contributed by atoms with Gasteiger partial charge in [0.2, 0.25) is 0 Å². The Morgan fingerprint density at radius 1 is 1.33 bits per heavy atom. The molecule has 0 saturated carbocycles. The largest absolute Gasteiger partial charge is 0.371 e. The molecule has 2 nitrogen and oxygen atoms in total. The predicted octanol–water partition coefficient (Wildman–Crippen LogP) is 2.96. The molecule has 1 aliphatic rings. The van der Waals surface area contributed by atoms with E-state index in [4.69, 9.17) is 0 Å². The molecule has 1 aromatic rings. The molecular weight excluding hydrogens is 227 g/mol. The lowest BCUT2D eigenvalue weighted by atomic mass is 10.0. The molecule has 2 rings (SSSR count). The minimum Gasteiger partial charge on any atom is -0.371 e. The van der Waals surface area contributed by atoms with Gasteiger partial charge in [-0.3, -0.25) is 0 Å². The van der Waals surface area contributed by atoms with Gasteiger partial charge >= 0.3 is 0 Å². The molecule has 18 heavy (non-hydrogen) atoms. The van der Waals surface area contributed by atoms with Crippen LogP contribution in [0.3, 0.4) is 0 Å². The molecule has 3 heteroatoms. The van der Waals surface area contributed by atoms with Gasteiger partial charge < -0.3 is 10.2 Å². The van der Waals surface area contributed by atoms with Gasteiger partial charge in [0.15, 0.2) is 0 Å². The topological polar surface area (TPSA) is 15.3 Å². The zero-order chi connectivity index (χ0) is 13.1. The maximum absolute atomic E-state index is 13.2. The van der Waals surface area contributed by atoms with E-state index in [1.54, 1.807) is 12.1 Å². The first-order valence-electron chi connectivity index (χ1n) is 6.80. The first kappa shape index (κ1) is 13.3. The fraction of sp³-hybridized carbons (Fsp3) is 0.600. The second-order valence-corrected chi connectivity index (χ2v) is 5.58. The van der Waals surface area contributed by atoms with Crippen LogP contribution < -0.4 is 10.2 Å². The Hall–Kier alpha value is -1.09. The Kier molecular flexibility index (Phi) is 4.23. The van der Waals surface area contributed by atoms with Gasteiger partial charge in [0.25, 0.3) is 0 Å². The number of anilines is 1. The number of nitrogens with zero attached hydrogens (tertiary/aromatic N) is 1. The van der Waals surface area contributed by atoms with Crippen LogP contribution in [0.2, 0.25) is 0 Å². The molecule has 1 saturated heterocycles. The molecule has 1 N–H and O–H groups in total. The second kappa shape index (κ2) is 5.70. The standard InChI is InChI=1S/C15H23FN2/c1-11-9-17-13(3)6-7-18(10-11)15-5-4-14(16)8-12(15)2/h4-5,8,11,13,17H,6-7,9-10H2,1-3H3. The number of nitrogens with one attached hydrogen (secondary N) is 1. The van der Waals surface area contributed by atoms with Crippen molar-refractivity contribution in [3.8, 4) is 0 Å². The number of hydrogen-bond acceptors (Lipinski definition) is 2. The van der Waals surface area contributed by atoms with Gasteiger partial charge in [-0.15, -0.1) is 0 Å². The third-order valence-electron chi connectivity index (χ3n) is 3.68. The smallest absolute Gasteiger partial charge is 0.123 e. The summed E-state index contributed by atoms with van der Waals surface area (Å²) in [5.74, 6) is 0.462. The van der Waals surface area contributed by atoms with Gasteiger partial charge in [0.05, 0.1) is 0 Å². The van der Waals surface area contributed by atoms with Gasteiger partial charge in [0, 0.05) is 24.8 Å². The summed E-state index contributed by atoms with van der Waals surface area (Å²) in [5, 5.41) is 3.54. The summed E-state index contributed by atoms with van der Waals surface area (Å²) in [6.45, 7) is 9.60. The predicted molar refractivity (Wildman–Crippen MR) is 74.6 cm³/mol. The third-order valence-corrected chi connectivity index (χ3v) is 3.68. The van der Waals surface area contributed by atoms with Crippen LogP contribution >= 0.6 is 0 Å². The van der Waals surface area contributed by atoms with Crippen molar-refractivity contribution in [2.24, 2.45) is 5.92 Å². The SMILES string of the molecule is Cc1cc(F)ccc1N1CCC(C)NCC(C)C1. The highest BCUT2D eigenvalue weighted by Gasteiger charge is 2.18. The minimum absolute atomic E-state index is 0.147. The van der Waals surface area contributed by atoms with Crippen molar-refractivity contribution in [2.75, 3.05) is 24.5 Å². The lowest BCUT2D eigenvalue weighted by Gasteiger charge is -2.33. The molecule has 0 spiro atoms. The molecule has 100 valence electrons. The number of rotatable bonds is 1. The molecule has 2 unspecified atom stereocenters. The highest BCUT2D eigenvalue weighted by molar-refractivity contribution is 5.53. The van der Waals surface area contributed by atoms with Crippen molar-refractivity contribution in [3.63, 3.8) is 0 Å². The fourth-order valence-electron chi connectivity index (χ4n) is 2.58. The van der Waals surface area contributed by atoms with Crippen LogP contribution in [-0.2, 0) is 0 Å². The van der Waals surface area contributed by atoms with Gasteiger partial charge in [-0.1, -0.05) is 6.92 Å². The molecule has 0 aliphatic carbocycles. The van der Waals surface area contributed by atoms with E-state index in [2.05, 4.69) is 24.1 Å². The first-order valence-corrected chi connectivity index (χ1v) is 6.80. The summed E-state index contributed by atoms with van der Waals surface area (Å²) < 4.78 is 13.2. The van der Waals surface area contributed by atoms with Crippen molar-refractivity contribution in [2.45, 2.75) is 33.2 Å². The molecular formula is C15H23FN2. The van der Waals surface area contributed by atoms with E-state index in [1.807, 2.05) is 13.0 Å². The summed E-state index contributed by atoms with van der Waals surface area (Å²) in [6, 6.07) is 5.65. The van der Waals surface area contributed by atoms with Crippen LogP contribution in [0, 0.1) is 18.7 Å². The number of hydrogen-bond donors (Lipinski definition) is 1. The average molecular weight is 250 g/mol. The Bertz CT molecular complexity index is 405. The number of benzene rings is 1. The van der Waals surface area contributed by atoms with Gasteiger partial charge in [-0.2, -0.15) is 0 Å². The number of halogens is 1. The van der Waals surface area contributed by atoms with Crippen molar-refractivity contribution >= 4 is 5.69 Å². The van der Waals surface area contributed by atoms with Crippen molar-refractivity contribution < 1.29 is 4.39 Å². The van der Waals surface area contributed by atoms with Gasteiger partial charge in [-0.25, -0.2) is 4.39 Å². The van der Waals surface area contributed by atoms with E-state index in [1.165, 1.54) is 5.69 Å². The quantitative estimate of drug-likeness (QED) is 0.824. The molecule has 1 heterocycles. The van der Waals surface area contributed by atoms with E-state index >= 15 is 0 Å². The van der Waals surface area contributed by atoms with Crippen molar-refractivity contribution in [3.05, 3.63) is 29.6 Å². The zero-order valence-electron chi connectivity index (χ0n) is 11.5. The Morgan fingerprint density at radius 3 is 2.83 bits per heavy atom. The summed E-state index contributed by atoms with van der Waals surface area (Å²) >= 11 is 0. The minimum atomic E-state index is -0.147. The Labute approximate surface area is 109 Å². The van der Waals surface area contributed by atoms with Gasteiger partial charge in [-0.05, 0) is 56.5 Å². The van der Waals surface area contributed by atoms with Crippen LogP contribution in [0.15, 0.2) is 18.2 Å². The summed E-state index contributed by atoms with van der Waals surface area (Å²) in [6.07, 6.45) is 1.13. The molecule has 0 radical (unpaired) electrons. The van der Waals surface area contributed by atoms with Crippen molar-refractivity contribution in [1.29, 1.82) is 0 Å². The van der Waals surface area contributed by atoms with Crippen molar-refractivity contribution in [1.82, 2.24) is 5.32 Å². The highest BCUT2D eigenvalue weighted by atomic mass is 19.1.